The number of hydrogen-bond acceptors (Lipinski definition) is 6. The molecule has 0 aliphatic rings. The molecular weight excluding hydrogens is 456 g/mol. The first-order valence-electron chi connectivity index (χ1n) is 9.70. The Morgan fingerprint density at radius 3 is 2.55 bits per heavy atom. The van der Waals surface area contributed by atoms with Crippen LogP contribution in [0.3, 0.4) is 0 Å². The number of thiocarbonyl (C=S) groups is 1. The third-order valence-electron chi connectivity index (χ3n) is 4.32. The molecule has 0 aliphatic carbocycles. The number of esters is 1. The van der Waals surface area contributed by atoms with E-state index >= 15 is 0 Å². The van der Waals surface area contributed by atoms with Crippen LogP contribution in [0.4, 0.5) is 5.69 Å². The molecule has 0 unspecified atom stereocenters. The summed E-state index contributed by atoms with van der Waals surface area (Å²) in [7, 11) is 1.34. The summed E-state index contributed by atoms with van der Waals surface area (Å²) in [5.41, 5.74) is 1.81. The molecule has 0 spiro atoms. The van der Waals surface area contributed by atoms with E-state index in [0.29, 0.717) is 40.5 Å². The van der Waals surface area contributed by atoms with Gasteiger partial charge in [0.05, 0.1) is 25.3 Å². The van der Waals surface area contributed by atoms with Crippen molar-refractivity contribution in [2.75, 3.05) is 25.6 Å². The van der Waals surface area contributed by atoms with Gasteiger partial charge in [-0.05, 0) is 62.0 Å². The van der Waals surface area contributed by atoms with Crippen LogP contribution in [0.2, 0.25) is 5.02 Å². The number of methoxy groups -OCH3 is 1. The Kier molecular flexibility index (Phi) is 7.95. The van der Waals surface area contributed by atoms with Crippen molar-refractivity contribution in [1.82, 2.24) is 5.32 Å². The topological polar surface area (TPSA) is 68.8 Å². The summed E-state index contributed by atoms with van der Waals surface area (Å²) in [6.45, 7) is 5.53. The average Bonchev–Trinajstić information content (AvgIpc) is 3.09. The van der Waals surface area contributed by atoms with E-state index in [1.807, 2.05) is 50.2 Å². The maximum absolute atomic E-state index is 11.8. The van der Waals surface area contributed by atoms with Gasteiger partial charge in [0.1, 0.15) is 4.88 Å². The van der Waals surface area contributed by atoms with E-state index in [1.54, 1.807) is 0 Å². The van der Waals surface area contributed by atoms with Crippen molar-refractivity contribution in [3.05, 3.63) is 51.9 Å². The minimum Gasteiger partial charge on any atom is -0.490 e. The number of fused-ring (bicyclic) bond motifs is 1. The molecule has 0 amide bonds. The lowest BCUT2D eigenvalue weighted by Gasteiger charge is -2.14. The highest BCUT2D eigenvalue weighted by atomic mass is 35.5. The normalized spacial score (nSPS) is 10.6. The molecule has 0 atom stereocenters. The van der Waals surface area contributed by atoms with Gasteiger partial charge >= 0.3 is 5.97 Å². The predicted octanol–water partition coefficient (Wildman–Crippen LogP) is 5.63. The number of nitrogens with one attached hydrogen (secondary N) is 2. The van der Waals surface area contributed by atoms with Crippen LogP contribution in [0, 0.1) is 0 Å². The summed E-state index contributed by atoms with van der Waals surface area (Å²) in [4.78, 5) is 12.2. The van der Waals surface area contributed by atoms with E-state index < -0.39 is 5.97 Å². The number of rotatable bonds is 8. The van der Waals surface area contributed by atoms with Crippen LogP contribution in [0.15, 0.2) is 36.4 Å². The first-order valence-corrected chi connectivity index (χ1v) is 11.3. The molecule has 2 N–H and O–H groups in total. The number of carbonyl (C=O) groups excluding carboxylic acids is 1. The van der Waals surface area contributed by atoms with Crippen LogP contribution in [0.5, 0.6) is 11.5 Å². The second kappa shape index (κ2) is 10.7. The molecule has 31 heavy (non-hydrogen) atoms. The molecule has 2 aromatic carbocycles. The van der Waals surface area contributed by atoms with Crippen molar-refractivity contribution in [3.63, 3.8) is 0 Å². The summed E-state index contributed by atoms with van der Waals surface area (Å²) in [6, 6.07) is 11.4. The van der Waals surface area contributed by atoms with Gasteiger partial charge in [0, 0.05) is 22.3 Å². The van der Waals surface area contributed by atoms with Gasteiger partial charge in [0.15, 0.2) is 16.6 Å². The first-order chi connectivity index (χ1) is 15.0. The van der Waals surface area contributed by atoms with Gasteiger partial charge in [0.25, 0.3) is 0 Å². The fourth-order valence-electron chi connectivity index (χ4n) is 2.93. The lowest BCUT2D eigenvalue weighted by atomic mass is 10.2. The molecule has 164 valence electrons. The minimum absolute atomic E-state index is 0.387. The second-order valence-electron chi connectivity index (χ2n) is 6.40. The highest BCUT2D eigenvalue weighted by Crippen LogP contribution is 2.37. The number of thiophene rings is 1. The van der Waals surface area contributed by atoms with Gasteiger partial charge in [-0.15, -0.1) is 11.3 Å². The number of hydrogen-bond donors (Lipinski definition) is 2. The van der Waals surface area contributed by atoms with E-state index in [4.69, 9.17) is 38.0 Å². The zero-order chi connectivity index (χ0) is 22.4. The Hall–Kier alpha value is -2.55. The third-order valence-corrected chi connectivity index (χ3v) is 6.20. The van der Waals surface area contributed by atoms with Crippen molar-refractivity contribution < 1.29 is 19.0 Å². The summed E-state index contributed by atoms with van der Waals surface area (Å²) in [5.74, 6) is 0.992. The highest BCUT2D eigenvalue weighted by Gasteiger charge is 2.17. The molecule has 1 heterocycles. The van der Waals surface area contributed by atoms with Gasteiger partial charge in [-0.25, -0.2) is 4.79 Å². The standard InChI is InChI=1S/C22H23ClN2O4S2/c1-4-28-16-9-6-13(10-17(16)29-5-2)12-24-22(30)25-14-7-8-15-18(11-14)31-20(19(15)23)21(26)27-3/h6-11H,4-5,12H2,1-3H3,(H2,24,25,30). The zero-order valence-electron chi connectivity index (χ0n) is 17.4. The Morgan fingerprint density at radius 1 is 1.10 bits per heavy atom. The molecule has 9 heteroatoms. The maximum Gasteiger partial charge on any atom is 0.349 e. The SMILES string of the molecule is CCOc1ccc(CNC(=S)Nc2ccc3c(Cl)c(C(=O)OC)sc3c2)cc1OCC. The molecule has 0 saturated carbocycles. The molecule has 0 radical (unpaired) electrons. The van der Waals surface area contributed by atoms with Crippen LogP contribution in [0.25, 0.3) is 10.1 Å². The second-order valence-corrected chi connectivity index (χ2v) is 8.24. The fourth-order valence-corrected chi connectivity index (χ4v) is 4.59. The Morgan fingerprint density at radius 2 is 1.84 bits per heavy atom. The summed E-state index contributed by atoms with van der Waals surface area (Å²) >= 11 is 13.0. The summed E-state index contributed by atoms with van der Waals surface area (Å²) in [5, 5.41) is 8.02. The Bertz CT molecular complexity index is 1100. The van der Waals surface area contributed by atoms with Gasteiger partial charge in [0.2, 0.25) is 0 Å². The lowest BCUT2D eigenvalue weighted by molar-refractivity contribution is 0.0606. The smallest absolute Gasteiger partial charge is 0.349 e. The molecule has 0 fully saturated rings. The van der Waals surface area contributed by atoms with Crippen LogP contribution >= 0.6 is 35.2 Å². The number of benzene rings is 2. The molecular formula is C22H23ClN2O4S2. The van der Waals surface area contributed by atoms with E-state index in [9.17, 15) is 4.79 Å². The largest absolute Gasteiger partial charge is 0.490 e. The molecule has 0 bridgehead atoms. The average molecular weight is 479 g/mol. The molecule has 3 rings (SSSR count). The minimum atomic E-state index is -0.445. The van der Waals surface area contributed by atoms with E-state index in [-0.39, 0.29) is 0 Å². The summed E-state index contributed by atoms with van der Waals surface area (Å²) < 4.78 is 16.9. The molecule has 1 aromatic heterocycles. The quantitative estimate of drug-likeness (QED) is 0.321. The maximum atomic E-state index is 11.8. The number of halogens is 1. The predicted molar refractivity (Wildman–Crippen MR) is 130 cm³/mol. The molecule has 3 aromatic rings. The van der Waals surface area contributed by atoms with E-state index in [0.717, 1.165) is 27.1 Å². The van der Waals surface area contributed by atoms with Gasteiger partial charge in [-0.2, -0.15) is 0 Å². The number of carbonyl (C=O) groups is 1. The summed E-state index contributed by atoms with van der Waals surface area (Å²) in [6.07, 6.45) is 0. The molecule has 0 aliphatic heterocycles. The van der Waals surface area contributed by atoms with Crippen LogP contribution in [0.1, 0.15) is 29.1 Å². The molecule has 0 saturated heterocycles. The van der Waals surface area contributed by atoms with Crippen LogP contribution in [-0.2, 0) is 11.3 Å². The van der Waals surface area contributed by atoms with Crippen molar-refractivity contribution in [3.8, 4) is 11.5 Å². The zero-order valence-corrected chi connectivity index (χ0v) is 19.8. The number of anilines is 1. The van der Waals surface area contributed by atoms with Gasteiger partial charge < -0.3 is 24.8 Å². The van der Waals surface area contributed by atoms with Crippen LogP contribution < -0.4 is 20.1 Å². The van der Waals surface area contributed by atoms with Crippen molar-refractivity contribution in [2.45, 2.75) is 20.4 Å². The Balaban J connectivity index is 1.66. The van der Waals surface area contributed by atoms with Crippen molar-refractivity contribution in [2.24, 2.45) is 0 Å². The van der Waals surface area contributed by atoms with Crippen molar-refractivity contribution >= 4 is 62.0 Å². The van der Waals surface area contributed by atoms with E-state index in [2.05, 4.69) is 10.6 Å². The number of ether oxygens (including phenoxy) is 3. The monoisotopic (exact) mass is 478 g/mol. The van der Waals surface area contributed by atoms with Gasteiger partial charge in [-0.1, -0.05) is 17.7 Å². The first kappa shape index (κ1) is 23.1. The highest BCUT2D eigenvalue weighted by molar-refractivity contribution is 7.80. The van der Waals surface area contributed by atoms with Crippen molar-refractivity contribution in [1.29, 1.82) is 0 Å². The van der Waals surface area contributed by atoms with Crippen LogP contribution in [-0.4, -0.2) is 31.4 Å². The Labute approximate surface area is 195 Å². The third kappa shape index (κ3) is 5.58. The van der Waals surface area contributed by atoms with E-state index in [1.165, 1.54) is 18.4 Å². The molecule has 6 nitrogen and oxygen atoms in total. The van der Waals surface area contributed by atoms with Gasteiger partial charge in [-0.3, -0.25) is 0 Å². The fraction of sp³-hybridized carbons (Fsp3) is 0.273. The lowest BCUT2D eigenvalue weighted by Crippen LogP contribution is -2.27.